The molecule has 0 amide bonds. The van der Waals surface area contributed by atoms with Crippen molar-refractivity contribution in [3.63, 3.8) is 0 Å². The molecule has 1 aliphatic carbocycles. The van der Waals surface area contributed by atoms with Gasteiger partial charge in [-0.3, -0.25) is 0 Å². The molecule has 1 saturated carbocycles. The van der Waals surface area contributed by atoms with Crippen LogP contribution in [-0.2, 0) is 0 Å². The van der Waals surface area contributed by atoms with Crippen molar-refractivity contribution >= 4 is 5.97 Å². The Bertz CT molecular complexity index is 850. The number of carbonyl (C=O) groups is 1. The van der Waals surface area contributed by atoms with Crippen molar-refractivity contribution in [1.29, 1.82) is 0 Å². The summed E-state index contributed by atoms with van der Waals surface area (Å²) in [5, 5.41) is 12.2. The second-order valence-corrected chi connectivity index (χ2v) is 9.68. The number of benzene rings is 2. The van der Waals surface area contributed by atoms with Gasteiger partial charge in [0.25, 0.3) is 0 Å². The minimum Gasteiger partial charge on any atom is -0.545 e. The van der Waals surface area contributed by atoms with Crippen molar-refractivity contribution in [2.45, 2.75) is 96.8 Å². The average molecular weight is 450 g/mol. The molecule has 0 aromatic heterocycles. The molecule has 0 N–H and O–H groups in total. The molecule has 33 heavy (non-hydrogen) atoms. The Labute approximate surface area is 200 Å². The molecule has 0 unspecified atom stereocenters. The van der Waals surface area contributed by atoms with E-state index < -0.39 is 5.97 Å². The van der Waals surface area contributed by atoms with Crippen LogP contribution in [0.15, 0.2) is 42.5 Å². The number of carboxylic acid groups (broad SMARTS) is 1. The van der Waals surface area contributed by atoms with Gasteiger partial charge in [-0.2, -0.15) is 0 Å². The van der Waals surface area contributed by atoms with Crippen LogP contribution in [0.3, 0.4) is 0 Å². The van der Waals surface area contributed by atoms with Crippen LogP contribution in [0.2, 0.25) is 0 Å². The molecule has 3 nitrogen and oxygen atoms in total. The zero-order valence-corrected chi connectivity index (χ0v) is 20.6. The van der Waals surface area contributed by atoms with Gasteiger partial charge < -0.3 is 14.6 Å². The number of carbonyl (C=O) groups excluding carboxylic acids is 1. The highest BCUT2D eigenvalue weighted by Gasteiger charge is 2.28. The molecule has 180 valence electrons. The summed E-state index contributed by atoms with van der Waals surface area (Å²) in [4.78, 5) is 12.2. The van der Waals surface area contributed by atoms with Gasteiger partial charge in [0.1, 0.15) is 5.75 Å². The van der Waals surface area contributed by atoms with Gasteiger partial charge in [-0.15, -0.1) is 0 Å². The largest absolute Gasteiger partial charge is 0.545 e. The number of hydrogen-bond acceptors (Lipinski definition) is 3. The van der Waals surface area contributed by atoms with Gasteiger partial charge in [-0.25, -0.2) is 0 Å². The van der Waals surface area contributed by atoms with Crippen molar-refractivity contribution in [3.8, 4) is 16.9 Å². The predicted octanol–water partition coefficient (Wildman–Crippen LogP) is 7.53. The third-order valence-electron chi connectivity index (χ3n) is 7.22. The normalized spacial score (nSPS) is 18.2. The molecule has 3 heteroatoms. The summed E-state index contributed by atoms with van der Waals surface area (Å²) >= 11 is 0. The number of unbranched alkanes of at least 4 members (excludes halogenated alkanes) is 5. The molecule has 2 aromatic rings. The summed E-state index contributed by atoms with van der Waals surface area (Å²) in [5.74, 6) is 0.727. The lowest BCUT2D eigenvalue weighted by molar-refractivity contribution is -0.255. The van der Waals surface area contributed by atoms with E-state index in [1.165, 1.54) is 51.4 Å². The van der Waals surface area contributed by atoms with Gasteiger partial charge in [-0.1, -0.05) is 89.1 Å². The third kappa shape index (κ3) is 7.09. The van der Waals surface area contributed by atoms with Crippen LogP contribution in [0.25, 0.3) is 11.1 Å². The van der Waals surface area contributed by atoms with Crippen LogP contribution in [0.1, 0.15) is 113 Å². The molecule has 2 aromatic carbocycles. The Morgan fingerprint density at radius 3 is 2.24 bits per heavy atom. The van der Waals surface area contributed by atoms with Crippen molar-refractivity contribution in [2.24, 2.45) is 5.92 Å². The molecule has 0 heterocycles. The van der Waals surface area contributed by atoms with Crippen LogP contribution in [0, 0.1) is 5.92 Å². The molecule has 0 radical (unpaired) electrons. The van der Waals surface area contributed by atoms with E-state index in [9.17, 15) is 9.90 Å². The first kappa shape index (κ1) is 25.3. The smallest absolute Gasteiger partial charge is 0.127 e. The minimum absolute atomic E-state index is 0.235. The van der Waals surface area contributed by atoms with E-state index >= 15 is 0 Å². The summed E-state index contributed by atoms with van der Waals surface area (Å²) in [5.41, 5.74) is 3.24. The summed E-state index contributed by atoms with van der Waals surface area (Å²) in [6.45, 7) is 5.05. The molecule has 1 aliphatic rings. The molecular formula is C30H41O3-. The van der Waals surface area contributed by atoms with E-state index in [1.807, 2.05) is 24.3 Å². The monoisotopic (exact) mass is 449 g/mol. The Kier molecular flexibility index (Phi) is 10.3. The van der Waals surface area contributed by atoms with Crippen molar-refractivity contribution < 1.29 is 14.6 Å². The fourth-order valence-corrected chi connectivity index (χ4v) is 5.33. The Morgan fingerprint density at radius 1 is 0.879 bits per heavy atom. The zero-order chi connectivity index (χ0) is 23.5. The summed E-state index contributed by atoms with van der Waals surface area (Å²) in [7, 11) is 0. The standard InChI is InChI=1S/C30H42O3/c1-3-5-7-8-10-13-23-16-18-25(19-17-23)28-26(30(31)32)20-21-27(33-22-6-4-2)29(28)24-14-11-9-12-15-24/h9,11-12,14-15,20-21,23,25H,3-8,10,13,16-19,22H2,1-2H3,(H,31,32)/p-1. The van der Waals surface area contributed by atoms with E-state index in [0.29, 0.717) is 12.2 Å². The van der Waals surface area contributed by atoms with E-state index in [-0.39, 0.29) is 5.92 Å². The van der Waals surface area contributed by atoms with Gasteiger partial charge in [0, 0.05) is 11.1 Å². The van der Waals surface area contributed by atoms with Gasteiger partial charge in [0.15, 0.2) is 0 Å². The topological polar surface area (TPSA) is 49.4 Å². The van der Waals surface area contributed by atoms with Gasteiger partial charge in [0.2, 0.25) is 0 Å². The lowest BCUT2D eigenvalue weighted by atomic mass is 9.74. The first-order valence-corrected chi connectivity index (χ1v) is 13.2. The van der Waals surface area contributed by atoms with Crippen molar-refractivity contribution in [2.75, 3.05) is 6.61 Å². The van der Waals surface area contributed by atoms with E-state index in [2.05, 4.69) is 26.0 Å². The fourth-order valence-electron chi connectivity index (χ4n) is 5.33. The molecule has 1 fully saturated rings. The van der Waals surface area contributed by atoms with Gasteiger partial charge >= 0.3 is 0 Å². The maximum atomic E-state index is 12.2. The summed E-state index contributed by atoms with van der Waals surface area (Å²) in [6.07, 6.45) is 14.5. The van der Waals surface area contributed by atoms with E-state index in [1.54, 1.807) is 6.07 Å². The van der Waals surface area contributed by atoms with Crippen molar-refractivity contribution in [1.82, 2.24) is 0 Å². The van der Waals surface area contributed by atoms with Gasteiger partial charge in [-0.05, 0) is 67.2 Å². The van der Waals surface area contributed by atoms with E-state index in [0.717, 1.165) is 54.0 Å². The second kappa shape index (κ2) is 13.4. The average Bonchev–Trinajstić information content (AvgIpc) is 2.84. The van der Waals surface area contributed by atoms with E-state index in [4.69, 9.17) is 4.74 Å². The van der Waals surface area contributed by atoms with Crippen molar-refractivity contribution in [3.05, 3.63) is 53.6 Å². The highest BCUT2D eigenvalue weighted by atomic mass is 16.5. The fraction of sp³-hybridized carbons (Fsp3) is 0.567. The van der Waals surface area contributed by atoms with Crippen LogP contribution in [0.4, 0.5) is 0 Å². The Morgan fingerprint density at radius 2 is 1.58 bits per heavy atom. The maximum absolute atomic E-state index is 12.2. The molecule has 0 spiro atoms. The zero-order valence-electron chi connectivity index (χ0n) is 20.6. The SMILES string of the molecule is CCCCCCCC1CCC(c2c(C(=O)[O-])ccc(OCCCC)c2-c2ccccc2)CC1. The summed E-state index contributed by atoms with van der Waals surface area (Å²) in [6, 6.07) is 13.7. The Hall–Kier alpha value is -2.29. The predicted molar refractivity (Wildman–Crippen MR) is 135 cm³/mol. The van der Waals surface area contributed by atoms with Crippen LogP contribution < -0.4 is 9.84 Å². The number of ether oxygens (including phenoxy) is 1. The number of aromatic carboxylic acids is 1. The highest BCUT2D eigenvalue weighted by molar-refractivity contribution is 5.92. The first-order chi connectivity index (χ1) is 16.2. The minimum atomic E-state index is -1.08. The van der Waals surface area contributed by atoms with Crippen LogP contribution >= 0.6 is 0 Å². The quantitative estimate of drug-likeness (QED) is 0.297. The van der Waals surface area contributed by atoms with Crippen LogP contribution in [0.5, 0.6) is 5.75 Å². The van der Waals surface area contributed by atoms with Gasteiger partial charge in [0.05, 0.1) is 12.6 Å². The lowest BCUT2D eigenvalue weighted by Gasteiger charge is -2.32. The highest BCUT2D eigenvalue weighted by Crippen LogP contribution is 2.46. The third-order valence-corrected chi connectivity index (χ3v) is 7.22. The molecule has 0 bridgehead atoms. The molecule has 3 rings (SSSR count). The molecule has 0 saturated heterocycles. The number of rotatable bonds is 13. The maximum Gasteiger partial charge on any atom is 0.127 e. The van der Waals surface area contributed by atoms with Crippen LogP contribution in [-0.4, -0.2) is 12.6 Å². The second-order valence-electron chi connectivity index (χ2n) is 9.68. The lowest BCUT2D eigenvalue weighted by Crippen LogP contribution is -2.26. The summed E-state index contributed by atoms with van der Waals surface area (Å²) < 4.78 is 6.19. The Balaban J connectivity index is 1.84. The number of carboxylic acids is 1. The molecular weight excluding hydrogens is 408 g/mol. The molecule has 0 atom stereocenters. The molecule has 0 aliphatic heterocycles. The number of hydrogen-bond donors (Lipinski definition) is 0. The first-order valence-electron chi connectivity index (χ1n) is 13.2.